The van der Waals surface area contributed by atoms with E-state index in [9.17, 15) is 23.3 Å². The summed E-state index contributed by atoms with van der Waals surface area (Å²) in [5.41, 5.74) is 3.05. The van der Waals surface area contributed by atoms with Gasteiger partial charge in [-0.2, -0.15) is 5.10 Å². The first-order chi connectivity index (χ1) is 16.1. The lowest BCUT2D eigenvalue weighted by Crippen LogP contribution is -2.40. The van der Waals surface area contributed by atoms with Crippen molar-refractivity contribution in [2.45, 2.75) is 11.8 Å². The Hall–Kier alpha value is -3.47. The number of non-ortho nitro benzene ring substituents is 1. The third-order valence-corrected chi connectivity index (χ3v) is 6.99. The number of nitrogens with zero attached hydrogens (tertiary/aromatic N) is 3. The Morgan fingerprint density at radius 2 is 1.82 bits per heavy atom. The normalized spacial score (nSPS) is 11.4. The maximum absolute atomic E-state index is 13.4. The van der Waals surface area contributed by atoms with Gasteiger partial charge in [0.15, 0.2) is 0 Å². The smallest absolute Gasteiger partial charge is 0.270 e. The molecule has 0 aliphatic carbocycles. The molecule has 1 amide bonds. The van der Waals surface area contributed by atoms with Gasteiger partial charge in [-0.3, -0.25) is 19.2 Å². The van der Waals surface area contributed by atoms with Crippen LogP contribution in [0.3, 0.4) is 0 Å². The van der Waals surface area contributed by atoms with Crippen LogP contribution in [0.15, 0.2) is 76.7 Å². The Bertz CT molecular complexity index is 1360. The minimum Gasteiger partial charge on any atom is -0.271 e. The fraction of sp³-hybridized carbons (Fsp3) is 0.0909. The number of anilines is 1. The summed E-state index contributed by atoms with van der Waals surface area (Å²) in [7, 11) is -4.12. The molecular weight excluding hydrogens is 503 g/mol. The van der Waals surface area contributed by atoms with Crippen molar-refractivity contribution >= 4 is 56.7 Å². The number of rotatable bonds is 8. The number of amides is 1. The SMILES string of the molecule is Cc1ccc(Cl)cc1N(CC(=O)N/N=C\c1cc([N+](=O)[O-])ccc1Cl)S(=O)(=O)c1ccccc1. The summed E-state index contributed by atoms with van der Waals surface area (Å²) in [4.78, 5) is 23.0. The van der Waals surface area contributed by atoms with E-state index in [4.69, 9.17) is 23.2 Å². The molecule has 0 atom stereocenters. The van der Waals surface area contributed by atoms with Gasteiger partial charge in [-0.05, 0) is 42.8 Å². The fourth-order valence-electron chi connectivity index (χ4n) is 2.95. The van der Waals surface area contributed by atoms with Crippen molar-refractivity contribution in [3.63, 3.8) is 0 Å². The Morgan fingerprint density at radius 3 is 2.50 bits per heavy atom. The number of sulfonamides is 1. The maximum Gasteiger partial charge on any atom is 0.270 e. The van der Waals surface area contributed by atoms with Crippen LogP contribution in [0.2, 0.25) is 10.0 Å². The molecule has 34 heavy (non-hydrogen) atoms. The predicted octanol–water partition coefficient (Wildman–Crippen LogP) is 4.56. The number of nitrogens with one attached hydrogen (secondary N) is 1. The highest BCUT2D eigenvalue weighted by molar-refractivity contribution is 7.92. The average molecular weight is 521 g/mol. The van der Waals surface area contributed by atoms with Crippen molar-refractivity contribution in [2.75, 3.05) is 10.8 Å². The van der Waals surface area contributed by atoms with Crippen LogP contribution in [0.4, 0.5) is 11.4 Å². The molecule has 0 bridgehead atoms. The van der Waals surface area contributed by atoms with E-state index in [-0.39, 0.29) is 26.9 Å². The molecule has 3 aromatic carbocycles. The molecule has 1 N–H and O–H groups in total. The van der Waals surface area contributed by atoms with Crippen molar-refractivity contribution in [3.8, 4) is 0 Å². The molecule has 0 aromatic heterocycles. The van der Waals surface area contributed by atoms with Gasteiger partial charge in [-0.25, -0.2) is 13.8 Å². The van der Waals surface area contributed by atoms with Crippen molar-refractivity contribution in [1.82, 2.24) is 5.43 Å². The summed E-state index contributed by atoms with van der Waals surface area (Å²) in [5, 5.41) is 15.2. The van der Waals surface area contributed by atoms with Gasteiger partial charge < -0.3 is 0 Å². The number of nitro benzene ring substituents is 1. The number of halogens is 2. The first kappa shape index (κ1) is 25.2. The molecule has 12 heteroatoms. The van der Waals surface area contributed by atoms with Crippen molar-refractivity contribution in [3.05, 3.63) is 98.0 Å². The highest BCUT2D eigenvalue weighted by Gasteiger charge is 2.28. The molecule has 0 aliphatic rings. The third-order valence-electron chi connectivity index (χ3n) is 4.64. The summed E-state index contributed by atoms with van der Waals surface area (Å²) >= 11 is 12.1. The van der Waals surface area contributed by atoms with Crippen LogP contribution in [-0.4, -0.2) is 32.0 Å². The van der Waals surface area contributed by atoms with E-state index in [0.29, 0.717) is 10.6 Å². The largest absolute Gasteiger partial charge is 0.271 e. The number of benzene rings is 3. The molecule has 0 aliphatic heterocycles. The number of carbonyl (C=O) groups is 1. The quantitative estimate of drug-likeness (QED) is 0.265. The van der Waals surface area contributed by atoms with Gasteiger partial charge in [0.25, 0.3) is 21.6 Å². The average Bonchev–Trinajstić information content (AvgIpc) is 2.80. The zero-order valence-corrected chi connectivity index (χ0v) is 20.0. The first-order valence-electron chi connectivity index (χ1n) is 9.69. The van der Waals surface area contributed by atoms with Gasteiger partial charge in [-0.1, -0.05) is 47.5 Å². The van der Waals surface area contributed by atoms with Crippen LogP contribution in [0.1, 0.15) is 11.1 Å². The van der Waals surface area contributed by atoms with E-state index >= 15 is 0 Å². The van der Waals surface area contributed by atoms with Crippen molar-refractivity contribution in [1.29, 1.82) is 0 Å². The zero-order valence-electron chi connectivity index (χ0n) is 17.7. The van der Waals surface area contributed by atoms with E-state index in [1.165, 1.54) is 36.4 Å². The molecule has 0 saturated carbocycles. The van der Waals surface area contributed by atoms with Gasteiger partial charge in [0.1, 0.15) is 6.54 Å². The van der Waals surface area contributed by atoms with E-state index < -0.39 is 27.4 Å². The molecule has 176 valence electrons. The zero-order chi connectivity index (χ0) is 24.9. The summed E-state index contributed by atoms with van der Waals surface area (Å²) in [5.74, 6) is -0.753. The van der Waals surface area contributed by atoms with E-state index in [2.05, 4.69) is 10.5 Å². The van der Waals surface area contributed by atoms with Crippen LogP contribution in [0, 0.1) is 17.0 Å². The van der Waals surface area contributed by atoms with Gasteiger partial charge in [0, 0.05) is 27.7 Å². The Balaban J connectivity index is 1.88. The van der Waals surface area contributed by atoms with E-state index in [1.54, 1.807) is 37.3 Å². The molecule has 0 heterocycles. The highest BCUT2D eigenvalue weighted by Crippen LogP contribution is 2.29. The Labute approximate surface area is 205 Å². The summed E-state index contributed by atoms with van der Waals surface area (Å²) < 4.78 is 27.7. The summed E-state index contributed by atoms with van der Waals surface area (Å²) in [6.07, 6.45) is 1.13. The number of aryl methyl sites for hydroxylation is 1. The first-order valence-corrected chi connectivity index (χ1v) is 11.9. The summed E-state index contributed by atoms with van der Waals surface area (Å²) in [6, 6.07) is 16.1. The van der Waals surface area contributed by atoms with E-state index in [1.807, 2.05) is 0 Å². The van der Waals surface area contributed by atoms with Gasteiger partial charge in [0.05, 0.1) is 21.7 Å². The van der Waals surface area contributed by atoms with Gasteiger partial charge in [-0.15, -0.1) is 0 Å². The second-order valence-electron chi connectivity index (χ2n) is 7.01. The van der Waals surface area contributed by atoms with Crippen LogP contribution >= 0.6 is 23.2 Å². The maximum atomic E-state index is 13.4. The van der Waals surface area contributed by atoms with E-state index in [0.717, 1.165) is 10.5 Å². The van der Waals surface area contributed by atoms with Crippen molar-refractivity contribution < 1.29 is 18.1 Å². The second kappa shape index (κ2) is 10.6. The topological polar surface area (TPSA) is 122 Å². The molecule has 3 aromatic rings. The molecule has 0 fully saturated rings. The van der Waals surface area contributed by atoms with Crippen LogP contribution in [0.5, 0.6) is 0 Å². The summed E-state index contributed by atoms with van der Waals surface area (Å²) in [6.45, 7) is 1.10. The Morgan fingerprint density at radius 1 is 1.12 bits per heavy atom. The van der Waals surface area contributed by atoms with Crippen LogP contribution < -0.4 is 9.73 Å². The molecule has 0 saturated heterocycles. The number of nitro groups is 1. The number of carbonyl (C=O) groups excluding carboxylic acids is 1. The number of hydrogen-bond donors (Lipinski definition) is 1. The fourth-order valence-corrected chi connectivity index (χ4v) is 4.78. The van der Waals surface area contributed by atoms with Crippen LogP contribution in [-0.2, 0) is 14.8 Å². The lowest BCUT2D eigenvalue weighted by atomic mass is 10.2. The number of hydrazone groups is 1. The molecular formula is C22H18Cl2N4O5S. The van der Waals surface area contributed by atoms with Gasteiger partial charge >= 0.3 is 0 Å². The monoisotopic (exact) mass is 520 g/mol. The lowest BCUT2D eigenvalue weighted by Gasteiger charge is -2.25. The number of hydrogen-bond acceptors (Lipinski definition) is 6. The molecule has 9 nitrogen and oxygen atoms in total. The molecule has 3 rings (SSSR count). The minimum atomic E-state index is -4.12. The molecule has 0 radical (unpaired) electrons. The predicted molar refractivity (Wildman–Crippen MR) is 131 cm³/mol. The Kier molecular flexibility index (Phi) is 7.87. The van der Waals surface area contributed by atoms with Gasteiger partial charge in [0.2, 0.25) is 0 Å². The molecule has 0 unspecified atom stereocenters. The minimum absolute atomic E-state index is 0.00551. The molecule has 0 spiro atoms. The second-order valence-corrected chi connectivity index (χ2v) is 9.72. The highest BCUT2D eigenvalue weighted by atomic mass is 35.5. The third kappa shape index (κ3) is 5.90. The van der Waals surface area contributed by atoms with Crippen LogP contribution in [0.25, 0.3) is 0 Å². The standard InChI is InChI=1S/C22H18Cl2N4O5S/c1-15-7-8-17(23)12-21(15)27(34(32,33)19-5-3-2-4-6-19)14-22(29)26-25-13-16-11-18(28(30)31)9-10-20(16)24/h2-13H,14H2,1H3,(H,26,29)/b25-13-. The lowest BCUT2D eigenvalue weighted by molar-refractivity contribution is -0.384. The van der Waals surface area contributed by atoms with Crippen molar-refractivity contribution in [2.24, 2.45) is 5.10 Å².